The summed E-state index contributed by atoms with van der Waals surface area (Å²) in [6.07, 6.45) is 2.59. The van der Waals surface area contributed by atoms with E-state index in [0.29, 0.717) is 12.6 Å². The van der Waals surface area contributed by atoms with Gasteiger partial charge in [0.1, 0.15) is 23.9 Å². The summed E-state index contributed by atoms with van der Waals surface area (Å²) in [5, 5.41) is 3.43. The minimum absolute atomic E-state index is 0.476. The van der Waals surface area contributed by atoms with Crippen molar-refractivity contribution < 1.29 is 9.15 Å². The van der Waals surface area contributed by atoms with Gasteiger partial charge in [0, 0.05) is 9.61 Å². The molecule has 1 aromatic heterocycles. The number of ether oxygens (including phenoxy) is 1. The molecule has 0 aliphatic heterocycles. The highest BCUT2D eigenvalue weighted by atomic mass is 127. The zero-order valence-corrected chi connectivity index (χ0v) is 12.7. The summed E-state index contributed by atoms with van der Waals surface area (Å²) in [4.78, 5) is 0. The van der Waals surface area contributed by atoms with Crippen LogP contribution in [-0.2, 0) is 13.2 Å². The number of benzene rings is 1. The Bertz CT molecular complexity index is 549. The standard InChI is InChI=1S/C15H16INO2/c16-11-2-1-3-13(8-11)18-10-15-7-6-14(19-15)9-17-12-4-5-12/h1-3,6-8,12,17H,4-5,9-10H2. The van der Waals surface area contributed by atoms with Gasteiger partial charge in [-0.05, 0) is 65.8 Å². The molecule has 0 saturated heterocycles. The van der Waals surface area contributed by atoms with Gasteiger partial charge in [0.05, 0.1) is 6.54 Å². The van der Waals surface area contributed by atoms with Gasteiger partial charge in [-0.15, -0.1) is 0 Å². The van der Waals surface area contributed by atoms with Gasteiger partial charge in [-0.1, -0.05) is 6.07 Å². The van der Waals surface area contributed by atoms with Crippen LogP contribution < -0.4 is 10.1 Å². The Hall–Kier alpha value is -1.01. The van der Waals surface area contributed by atoms with Crippen molar-refractivity contribution in [3.63, 3.8) is 0 Å². The second-order valence-electron chi connectivity index (χ2n) is 4.77. The molecule has 3 rings (SSSR count). The predicted molar refractivity (Wildman–Crippen MR) is 82.1 cm³/mol. The van der Waals surface area contributed by atoms with E-state index in [-0.39, 0.29) is 0 Å². The molecule has 1 fully saturated rings. The van der Waals surface area contributed by atoms with Crippen LogP contribution in [-0.4, -0.2) is 6.04 Å². The van der Waals surface area contributed by atoms with Gasteiger partial charge in [-0.3, -0.25) is 0 Å². The fraction of sp³-hybridized carbons (Fsp3) is 0.333. The fourth-order valence-electron chi connectivity index (χ4n) is 1.84. The first-order valence-corrected chi connectivity index (χ1v) is 7.57. The first-order chi connectivity index (χ1) is 9.29. The van der Waals surface area contributed by atoms with Crippen LogP contribution in [0.15, 0.2) is 40.8 Å². The first kappa shape index (κ1) is 13.0. The number of rotatable bonds is 6. The predicted octanol–water partition coefficient (Wildman–Crippen LogP) is 3.72. The molecule has 1 aromatic carbocycles. The van der Waals surface area contributed by atoms with Crippen LogP contribution in [0.3, 0.4) is 0 Å². The molecule has 1 aliphatic rings. The van der Waals surface area contributed by atoms with Crippen molar-refractivity contribution >= 4 is 22.6 Å². The number of furan rings is 1. The molecule has 1 N–H and O–H groups in total. The van der Waals surface area contributed by atoms with E-state index in [1.165, 1.54) is 16.4 Å². The molecule has 0 radical (unpaired) electrons. The van der Waals surface area contributed by atoms with Crippen molar-refractivity contribution in [2.24, 2.45) is 0 Å². The van der Waals surface area contributed by atoms with Gasteiger partial charge in [0.2, 0.25) is 0 Å². The van der Waals surface area contributed by atoms with Crippen LogP contribution in [0.4, 0.5) is 0 Å². The van der Waals surface area contributed by atoms with E-state index < -0.39 is 0 Å². The maximum absolute atomic E-state index is 5.72. The van der Waals surface area contributed by atoms with E-state index in [4.69, 9.17) is 9.15 Å². The maximum atomic E-state index is 5.72. The Morgan fingerprint density at radius 2 is 2.05 bits per heavy atom. The Balaban J connectivity index is 1.51. The van der Waals surface area contributed by atoms with Gasteiger partial charge in [-0.2, -0.15) is 0 Å². The molecule has 1 heterocycles. The van der Waals surface area contributed by atoms with E-state index in [1.54, 1.807) is 0 Å². The molecule has 1 saturated carbocycles. The Morgan fingerprint density at radius 1 is 1.21 bits per heavy atom. The molecule has 1 aliphatic carbocycles. The molecular weight excluding hydrogens is 353 g/mol. The van der Waals surface area contributed by atoms with Gasteiger partial charge in [-0.25, -0.2) is 0 Å². The van der Waals surface area contributed by atoms with Gasteiger partial charge < -0.3 is 14.5 Å². The molecule has 3 nitrogen and oxygen atoms in total. The molecule has 0 amide bonds. The largest absolute Gasteiger partial charge is 0.486 e. The summed E-state index contributed by atoms with van der Waals surface area (Å²) in [6.45, 7) is 1.29. The average Bonchev–Trinajstić information content (AvgIpc) is 3.13. The monoisotopic (exact) mass is 369 g/mol. The van der Waals surface area contributed by atoms with Gasteiger partial charge in [0.25, 0.3) is 0 Å². The lowest BCUT2D eigenvalue weighted by Gasteiger charge is -2.04. The van der Waals surface area contributed by atoms with Crippen molar-refractivity contribution in [1.29, 1.82) is 0 Å². The van der Waals surface area contributed by atoms with E-state index in [1.807, 2.05) is 36.4 Å². The zero-order chi connectivity index (χ0) is 13.1. The van der Waals surface area contributed by atoms with Crippen LogP contribution in [0.2, 0.25) is 0 Å². The minimum atomic E-state index is 0.476. The highest BCUT2D eigenvalue weighted by Gasteiger charge is 2.20. The Kier molecular flexibility index (Phi) is 4.08. The van der Waals surface area contributed by atoms with Crippen molar-refractivity contribution in [2.75, 3.05) is 0 Å². The number of hydrogen-bond acceptors (Lipinski definition) is 3. The summed E-state index contributed by atoms with van der Waals surface area (Å²) >= 11 is 2.28. The van der Waals surface area contributed by atoms with E-state index in [0.717, 1.165) is 23.8 Å². The third-order valence-corrected chi connectivity index (χ3v) is 3.71. The SMILES string of the molecule is Ic1cccc(OCc2ccc(CNC3CC3)o2)c1. The third kappa shape index (κ3) is 3.98. The minimum Gasteiger partial charge on any atom is -0.486 e. The Labute approximate surface area is 126 Å². The van der Waals surface area contributed by atoms with Crippen molar-refractivity contribution in [3.05, 3.63) is 51.5 Å². The lowest BCUT2D eigenvalue weighted by Crippen LogP contribution is -2.14. The normalized spacial score (nSPS) is 14.6. The third-order valence-electron chi connectivity index (χ3n) is 3.04. The van der Waals surface area contributed by atoms with E-state index in [9.17, 15) is 0 Å². The molecular formula is C15H16INO2. The maximum Gasteiger partial charge on any atom is 0.146 e. The second kappa shape index (κ2) is 5.96. The molecule has 0 unspecified atom stereocenters. The second-order valence-corrected chi connectivity index (χ2v) is 6.01. The highest BCUT2D eigenvalue weighted by molar-refractivity contribution is 14.1. The number of hydrogen-bond donors (Lipinski definition) is 1. The fourth-order valence-corrected chi connectivity index (χ4v) is 2.35. The quantitative estimate of drug-likeness (QED) is 0.789. The lowest BCUT2D eigenvalue weighted by molar-refractivity contribution is 0.265. The van der Waals surface area contributed by atoms with Crippen molar-refractivity contribution in [2.45, 2.75) is 32.0 Å². The summed E-state index contributed by atoms with van der Waals surface area (Å²) < 4.78 is 12.6. The van der Waals surface area contributed by atoms with Crippen LogP contribution in [0, 0.1) is 3.57 Å². The summed E-state index contributed by atoms with van der Waals surface area (Å²) in [5.41, 5.74) is 0. The molecule has 2 aromatic rings. The molecule has 19 heavy (non-hydrogen) atoms. The van der Waals surface area contributed by atoms with Crippen LogP contribution in [0.25, 0.3) is 0 Å². The summed E-state index contributed by atoms with van der Waals surface area (Å²) in [5.74, 6) is 2.72. The molecule has 0 bridgehead atoms. The molecule has 100 valence electrons. The van der Waals surface area contributed by atoms with Gasteiger partial charge in [0.15, 0.2) is 0 Å². The molecule has 0 spiro atoms. The number of nitrogens with one attached hydrogen (secondary N) is 1. The lowest BCUT2D eigenvalue weighted by atomic mass is 10.3. The van der Waals surface area contributed by atoms with Crippen LogP contribution >= 0.6 is 22.6 Å². The average molecular weight is 369 g/mol. The van der Waals surface area contributed by atoms with Crippen LogP contribution in [0.1, 0.15) is 24.4 Å². The molecule has 4 heteroatoms. The highest BCUT2D eigenvalue weighted by Crippen LogP contribution is 2.20. The summed E-state index contributed by atoms with van der Waals surface area (Å²) in [7, 11) is 0. The topological polar surface area (TPSA) is 34.4 Å². The molecule has 0 atom stereocenters. The van der Waals surface area contributed by atoms with Crippen molar-refractivity contribution in [3.8, 4) is 5.75 Å². The first-order valence-electron chi connectivity index (χ1n) is 6.49. The van der Waals surface area contributed by atoms with Crippen LogP contribution in [0.5, 0.6) is 5.75 Å². The van der Waals surface area contributed by atoms with Crippen molar-refractivity contribution in [1.82, 2.24) is 5.32 Å². The van der Waals surface area contributed by atoms with Gasteiger partial charge >= 0.3 is 0 Å². The van der Waals surface area contributed by atoms with E-state index >= 15 is 0 Å². The number of halogens is 1. The van der Waals surface area contributed by atoms with E-state index in [2.05, 4.69) is 27.9 Å². The zero-order valence-electron chi connectivity index (χ0n) is 10.6. The summed E-state index contributed by atoms with van der Waals surface area (Å²) in [6, 6.07) is 12.7. The smallest absolute Gasteiger partial charge is 0.146 e. The Morgan fingerprint density at radius 3 is 2.84 bits per heavy atom.